The fourth-order valence-electron chi connectivity index (χ4n) is 5.20. The first-order valence-electron chi connectivity index (χ1n) is 11.6. The van der Waals surface area contributed by atoms with E-state index in [1.54, 1.807) is 23.1 Å². The van der Waals surface area contributed by atoms with E-state index in [9.17, 15) is 19.2 Å². The average molecular weight is 459 g/mol. The molecule has 0 radical (unpaired) electrons. The topological polar surface area (TPSA) is 84.0 Å². The summed E-state index contributed by atoms with van der Waals surface area (Å²) in [6, 6.07) is 14.1. The van der Waals surface area contributed by atoms with Gasteiger partial charge >= 0.3 is 5.97 Å². The summed E-state index contributed by atoms with van der Waals surface area (Å²) in [5.41, 5.74) is 2.19. The Labute approximate surface area is 198 Å². The maximum absolute atomic E-state index is 13.1. The van der Waals surface area contributed by atoms with Crippen LogP contribution in [0.25, 0.3) is 0 Å². The van der Waals surface area contributed by atoms with E-state index in [4.69, 9.17) is 4.74 Å². The number of amides is 3. The van der Waals surface area contributed by atoms with Crippen LogP contribution in [0.15, 0.2) is 60.7 Å². The molecule has 34 heavy (non-hydrogen) atoms. The van der Waals surface area contributed by atoms with Gasteiger partial charge in [0.25, 0.3) is 0 Å². The number of carbonyl (C=O) groups is 4. The highest BCUT2D eigenvalue weighted by Gasteiger charge is 2.50. The molecule has 2 aliphatic heterocycles. The Morgan fingerprint density at radius 2 is 1.76 bits per heavy atom. The molecule has 4 atom stereocenters. The molecule has 0 unspecified atom stereocenters. The van der Waals surface area contributed by atoms with Crippen molar-refractivity contribution in [3.8, 4) is 5.75 Å². The highest BCUT2D eigenvalue weighted by Crippen LogP contribution is 2.41. The molecule has 5 rings (SSSR count). The summed E-state index contributed by atoms with van der Waals surface area (Å²) >= 11 is 0. The number of carbonyl (C=O) groups excluding carboxylic acids is 4. The molecular formula is C27H26N2O5. The summed E-state index contributed by atoms with van der Waals surface area (Å²) < 4.78 is 5.59. The number of nitrogens with zero attached hydrogens (tertiary/aromatic N) is 2. The van der Waals surface area contributed by atoms with Gasteiger partial charge in [-0.3, -0.25) is 19.2 Å². The molecule has 2 saturated heterocycles. The van der Waals surface area contributed by atoms with Crippen molar-refractivity contribution < 1.29 is 23.9 Å². The van der Waals surface area contributed by atoms with Crippen molar-refractivity contribution in [3.63, 3.8) is 0 Å². The second-order valence-corrected chi connectivity index (χ2v) is 9.33. The zero-order valence-electron chi connectivity index (χ0n) is 19.1. The zero-order chi connectivity index (χ0) is 24.0. The molecule has 1 aliphatic carbocycles. The van der Waals surface area contributed by atoms with E-state index in [0.29, 0.717) is 12.1 Å². The van der Waals surface area contributed by atoms with Gasteiger partial charge in [0.05, 0.1) is 23.4 Å². The fourth-order valence-corrected chi connectivity index (χ4v) is 5.20. The van der Waals surface area contributed by atoms with Gasteiger partial charge in [-0.15, -0.1) is 0 Å². The molecule has 0 spiro atoms. The Bertz CT molecular complexity index is 1220. The highest BCUT2D eigenvalue weighted by atomic mass is 16.5. The minimum Gasteiger partial charge on any atom is -0.426 e. The summed E-state index contributed by atoms with van der Waals surface area (Å²) in [6.45, 7) is 4.14. The summed E-state index contributed by atoms with van der Waals surface area (Å²) in [4.78, 5) is 54.3. The Morgan fingerprint density at radius 3 is 2.53 bits per heavy atom. The number of fused-ring (bicyclic) bond motifs is 1. The van der Waals surface area contributed by atoms with Crippen LogP contribution in [0, 0.1) is 30.6 Å². The Morgan fingerprint density at radius 1 is 1.00 bits per heavy atom. The number of aryl methyl sites for hydroxylation is 1. The first kappa shape index (κ1) is 22.1. The van der Waals surface area contributed by atoms with E-state index in [0.717, 1.165) is 11.3 Å². The van der Waals surface area contributed by atoms with Crippen molar-refractivity contribution in [1.82, 2.24) is 0 Å². The maximum Gasteiger partial charge on any atom is 0.316 e. The Hall–Kier alpha value is -3.74. The van der Waals surface area contributed by atoms with E-state index >= 15 is 0 Å². The normalized spacial score (nSPS) is 26.2. The molecule has 174 valence electrons. The molecule has 0 N–H and O–H groups in total. The first-order chi connectivity index (χ1) is 16.3. The molecular weight excluding hydrogens is 432 g/mol. The fraction of sp³-hybridized carbons (Fsp3) is 0.333. The number of hydrogen-bond acceptors (Lipinski definition) is 5. The van der Waals surface area contributed by atoms with Crippen LogP contribution in [0.1, 0.15) is 25.3 Å². The van der Waals surface area contributed by atoms with Crippen LogP contribution in [-0.2, 0) is 19.2 Å². The molecule has 3 aliphatic rings. The quantitative estimate of drug-likeness (QED) is 0.302. The molecule has 2 aromatic rings. The minimum absolute atomic E-state index is 0.00235. The van der Waals surface area contributed by atoms with Crippen LogP contribution >= 0.6 is 0 Å². The standard InChI is InChI=1S/C27H26N2O5/c1-16-6-3-8-19(12-16)28-15-18(13-23(28)30)27(33)34-21-10-5-9-20(14-21)29-25(31)22-11-4-7-17(2)24(22)26(29)32/h3-10,12,14,17-18,22,24H,11,13,15H2,1-2H3/t17-,18-,22+,24+/m1/s1. The summed E-state index contributed by atoms with van der Waals surface area (Å²) in [7, 11) is 0. The van der Waals surface area contributed by atoms with Crippen LogP contribution < -0.4 is 14.5 Å². The number of rotatable bonds is 4. The van der Waals surface area contributed by atoms with Gasteiger partial charge in [-0.1, -0.05) is 37.3 Å². The van der Waals surface area contributed by atoms with Gasteiger partial charge in [0.2, 0.25) is 17.7 Å². The third kappa shape index (κ3) is 3.81. The lowest BCUT2D eigenvalue weighted by molar-refractivity contribution is -0.139. The molecule has 0 saturated carbocycles. The maximum atomic E-state index is 13.1. The number of benzene rings is 2. The van der Waals surface area contributed by atoms with Crippen LogP contribution in [0.5, 0.6) is 5.75 Å². The molecule has 2 fully saturated rings. The summed E-state index contributed by atoms with van der Waals surface area (Å²) in [5.74, 6) is -2.14. The van der Waals surface area contributed by atoms with Crippen LogP contribution in [0.2, 0.25) is 0 Å². The molecule has 2 aromatic carbocycles. The smallest absolute Gasteiger partial charge is 0.316 e. The van der Waals surface area contributed by atoms with E-state index in [-0.39, 0.29) is 54.2 Å². The lowest BCUT2D eigenvalue weighted by Gasteiger charge is -2.22. The number of esters is 1. The average Bonchev–Trinajstić information content (AvgIpc) is 3.32. The summed E-state index contributed by atoms with van der Waals surface area (Å²) in [5, 5.41) is 0. The zero-order valence-corrected chi connectivity index (χ0v) is 19.1. The number of hydrogen-bond donors (Lipinski definition) is 0. The van der Waals surface area contributed by atoms with Crippen molar-refractivity contribution in [2.24, 2.45) is 23.7 Å². The Balaban J connectivity index is 1.30. The number of ether oxygens (including phenoxy) is 1. The second kappa shape index (κ2) is 8.56. The van der Waals surface area contributed by atoms with Crippen molar-refractivity contribution in [2.75, 3.05) is 16.3 Å². The monoisotopic (exact) mass is 458 g/mol. The largest absolute Gasteiger partial charge is 0.426 e. The van der Waals surface area contributed by atoms with Gasteiger partial charge in [0.15, 0.2) is 0 Å². The summed E-state index contributed by atoms with van der Waals surface area (Å²) in [6.07, 6.45) is 4.57. The molecule has 7 nitrogen and oxygen atoms in total. The van der Waals surface area contributed by atoms with Crippen molar-refractivity contribution in [3.05, 3.63) is 66.2 Å². The Kier molecular flexibility index (Phi) is 5.55. The van der Waals surface area contributed by atoms with Crippen LogP contribution in [0.4, 0.5) is 11.4 Å². The minimum atomic E-state index is -0.596. The van der Waals surface area contributed by atoms with E-state index in [1.165, 1.54) is 11.0 Å². The number of imide groups is 1. The third-order valence-corrected chi connectivity index (χ3v) is 6.94. The molecule has 2 heterocycles. The molecule has 7 heteroatoms. The van der Waals surface area contributed by atoms with E-state index < -0.39 is 11.9 Å². The van der Waals surface area contributed by atoms with Gasteiger partial charge in [-0.25, -0.2) is 4.90 Å². The predicted octanol–water partition coefficient (Wildman–Crippen LogP) is 3.66. The van der Waals surface area contributed by atoms with Crippen molar-refractivity contribution >= 4 is 35.1 Å². The van der Waals surface area contributed by atoms with Gasteiger partial charge in [-0.05, 0) is 49.1 Å². The third-order valence-electron chi connectivity index (χ3n) is 6.94. The lowest BCUT2D eigenvalue weighted by Crippen LogP contribution is -2.31. The SMILES string of the molecule is Cc1cccc(N2C[C@H](C(=O)Oc3cccc(N4C(=O)[C@H]5[C@H](C)C=CC[C@@H]5C4=O)c3)CC2=O)c1. The predicted molar refractivity (Wildman–Crippen MR) is 126 cm³/mol. The van der Waals surface area contributed by atoms with E-state index in [1.807, 2.05) is 50.3 Å². The first-order valence-corrected chi connectivity index (χ1v) is 11.6. The number of anilines is 2. The van der Waals surface area contributed by atoms with Crippen LogP contribution in [-0.4, -0.2) is 30.2 Å². The molecule has 0 bridgehead atoms. The van der Waals surface area contributed by atoms with Crippen molar-refractivity contribution in [2.45, 2.75) is 26.7 Å². The van der Waals surface area contributed by atoms with Crippen molar-refractivity contribution in [1.29, 1.82) is 0 Å². The molecule has 3 amide bonds. The molecule has 0 aromatic heterocycles. The second-order valence-electron chi connectivity index (χ2n) is 9.33. The number of allylic oxidation sites excluding steroid dienone is 2. The van der Waals surface area contributed by atoms with Crippen LogP contribution in [0.3, 0.4) is 0 Å². The lowest BCUT2D eigenvalue weighted by atomic mass is 9.78. The van der Waals surface area contributed by atoms with E-state index in [2.05, 4.69) is 0 Å². The van der Waals surface area contributed by atoms with Gasteiger partial charge in [0, 0.05) is 24.7 Å². The van der Waals surface area contributed by atoms with Gasteiger partial charge < -0.3 is 9.64 Å². The highest BCUT2D eigenvalue weighted by molar-refractivity contribution is 6.22. The van der Waals surface area contributed by atoms with Gasteiger partial charge in [-0.2, -0.15) is 0 Å². The van der Waals surface area contributed by atoms with Gasteiger partial charge in [0.1, 0.15) is 5.75 Å².